The number of aromatic amines is 1. The molecule has 0 spiro atoms. The minimum Gasteiger partial charge on any atom is -0.483 e. The monoisotopic (exact) mass is 362 g/mol. The molecule has 4 aromatic rings. The molecule has 0 aliphatic heterocycles. The van der Waals surface area contributed by atoms with Crippen LogP contribution in [0.4, 0.5) is 5.69 Å². The summed E-state index contributed by atoms with van der Waals surface area (Å²) in [5.74, 6) is -0.350. The van der Waals surface area contributed by atoms with E-state index in [0.717, 1.165) is 5.56 Å². The summed E-state index contributed by atoms with van der Waals surface area (Å²) in [6, 6.07) is 14.0. The van der Waals surface area contributed by atoms with Crippen molar-refractivity contribution in [3.8, 4) is 5.75 Å². The number of hydrogen-bond acceptors (Lipinski definition) is 6. The molecule has 9 nitrogen and oxygen atoms in total. The first-order valence-electron chi connectivity index (χ1n) is 8.08. The van der Waals surface area contributed by atoms with Crippen LogP contribution in [0.2, 0.25) is 0 Å². The zero-order chi connectivity index (χ0) is 18.6. The lowest BCUT2D eigenvalue weighted by molar-refractivity contribution is 0.102. The van der Waals surface area contributed by atoms with Crippen molar-refractivity contribution >= 4 is 17.2 Å². The Morgan fingerprint density at radius 1 is 1.19 bits per heavy atom. The van der Waals surface area contributed by atoms with Crippen LogP contribution in [0.25, 0.3) is 5.65 Å². The van der Waals surface area contributed by atoms with Gasteiger partial charge in [0.05, 0.1) is 5.69 Å². The van der Waals surface area contributed by atoms with Gasteiger partial charge in [-0.15, -0.1) is 5.10 Å². The number of benzene rings is 1. The van der Waals surface area contributed by atoms with Crippen LogP contribution in [0, 0.1) is 0 Å². The summed E-state index contributed by atoms with van der Waals surface area (Å²) >= 11 is 0. The Hall–Kier alpha value is -4.01. The molecule has 1 amide bonds. The van der Waals surface area contributed by atoms with Crippen LogP contribution in [0.5, 0.6) is 5.75 Å². The zero-order valence-electron chi connectivity index (χ0n) is 14.0. The van der Waals surface area contributed by atoms with Crippen molar-refractivity contribution in [3.63, 3.8) is 0 Å². The van der Waals surface area contributed by atoms with Gasteiger partial charge < -0.3 is 15.0 Å². The van der Waals surface area contributed by atoms with E-state index in [1.54, 1.807) is 18.3 Å². The van der Waals surface area contributed by atoms with E-state index in [0.29, 0.717) is 11.3 Å². The maximum Gasteiger partial charge on any atom is 0.272 e. The third-order valence-electron chi connectivity index (χ3n) is 3.83. The minimum atomic E-state index is -0.488. The molecule has 0 atom stereocenters. The summed E-state index contributed by atoms with van der Waals surface area (Å²) in [5, 5.41) is 13.8. The number of aromatic nitrogens is 5. The van der Waals surface area contributed by atoms with Gasteiger partial charge in [0.25, 0.3) is 5.91 Å². The number of rotatable bonds is 5. The highest BCUT2D eigenvalue weighted by molar-refractivity contribution is 6.04. The smallest absolute Gasteiger partial charge is 0.272 e. The van der Waals surface area contributed by atoms with E-state index in [1.165, 1.54) is 16.8 Å². The molecule has 3 heterocycles. The largest absolute Gasteiger partial charge is 0.483 e. The number of nitrogens with zero attached hydrogens (tertiary/aromatic N) is 4. The highest BCUT2D eigenvalue weighted by Crippen LogP contribution is 2.14. The third-order valence-corrected chi connectivity index (χ3v) is 3.83. The van der Waals surface area contributed by atoms with Crippen LogP contribution in [0.15, 0.2) is 65.7 Å². The number of anilines is 1. The molecule has 4 rings (SSSR count). The lowest BCUT2D eigenvalue weighted by Crippen LogP contribution is -2.18. The van der Waals surface area contributed by atoms with Gasteiger partial charge >= 0.3 is 0 Å². The van der Waals surface area contributed by atoms with Gasteiger partial charge in [-0.2, -0.15) is 4.52 Å². The maximum absolute atomic E-state index is 12.4. The number of carbonyl (C=O) groups is 1. The maximum atomic E-state index is 12.4. The summed E-state index contributed by atoms with van der Waals surface area (Å²) < 4.78 is 6.95. The lowest BCUT2D eigenvalue weighted by Gasteiger charge is -2.08. The number of hydrogen-bond donors (Lipinski definition) is 2. The summed E-state index contributed by atoms with van der Waals surface area (Å²) in [6.07, 6.45) is 3.03. The van der Waals surface area contributed by atoms with Gasteiger partial charge in [-0.05, 0) is 28.1 Å². The van der Waals surface area contributed by atoms with Crippen molar-refractivity contribution in [2.24, 2.45) is 0 Å². The molecule has 0 unspecified atom stereocenters. The molecule has 1 aromatic carbocycles. The number of carbonyl (C=O) groups excluding carboxylic acids is 1. The molecular weight excluding hydrogens is 348 g/mol. The van der Waals surface area contributed by atoms with Gasteiger partial charge in [-0.3, -0.25) is 9.59 Å². The molecule has 0 aliphatic carbocycles. The topological polar surface area (TPSA) is 114 Å². The number of H-pyrrole nitrogens is 1. The fourth-order valence-electron chi connectivity index (χ4n) is 2.49. The first kappa shape index (κ1) is 16.5. The average molecular weight is 362 g/mol. The number of nitrogens with one attached hydrogen (secondary N) is 2. The molecule has 27 heavy (non-hydrogen) atoms. The molecule has 2 N–H and O–H groups in total. The second-order valence-corrected chi connectivity index (χ2v) is 5.67. The van der Waals surface area contributed by atoms with Crippen molar-refractivity contribution < 1.29 is 9.53 Å². The first-order valence-corrected chi connectivity index (χ1v) is 8.08. The Morgan fingerprint density at radius 3 is 2.85 bits per heavy atom. The van der Waals surface area contributed by atoms with E-state index in [4.69, 9.17) is 4.74 Å². The Labute approximate surface area is 152 Å². The normalized spacial score (nSPS) is 10.7. The number of fused-ring (bicyclic) bond motifs is 1. The quantitative estimate of drug-likeness (QED) is 0.558. The first-order chi connectivity index (χ1) is 13.2. The molecule has 0 aliphatic rings. The van der Waals surface area contributed by atoms with Gasteiger partial charge in [0, 0.05) is 18.5 Å². The van der Waals surface area contributed by atoms with Gasteiger partial charge in [-0.25, -0.2) is 0 Å². The molecule has 134 valence electrons. The van der Waals surface area contributed by atoms with Gasteiger partial charge in [0.15, 0.2) is 5.75 Å². The minimum absolute atomic E-state index is 0.0986. The molecule has 9 heteroatoms. The number of amides is 1. The van der Waals surface area contributed by atoms with Crippen molar-refractivity contribution in [3.05, 3.63) is 82.4 Å². The van der Waals surface area contributed by atoms with Gasteiger partial charge in [-0.1, -0.05) is 30.3 Å². The molecule has 0 saturated carbocycles. The van der Waals surface area contributed by atoms with Crippen LogP contribution in [-0.2, 0) is 6.61 Å². The van der Waals surface area contributed by atoms with E-state index >= 15 is 0 Å². The number of pyridine rings is 2. The van der Waals surface area contributed by atoms with Crippen molar-refractivity contribution in [2.75, 3.05) is 5.32 Å². The van der Waals surface area contributed by atoms with E-state index in [-0.39, 0.29) is 18.1 Å². The fourth-order valence-corrected chi connectivity index (χ4v) is 2.49. The molecule has 3 aromatic heterocycles. The number of ether oxygens (including phenoxy) is 1. The Morgan fingerprint density at radius 2 is 2.04 bits per heavy atom. The highest BCUT2D eigenvalue weighted by atomic mass is 16.5. The molecule has 0 fully saturated rings. The second-order valence-electron chi connectivity index (χ2n) is 5.67. The van der Waals surface area contributed by atoms with Crippen molar-refractivity contribution in [1.82, 2.24) is 25.0 Å². The highest BCUT2D eigenvalue weighted by Gasteiger charge is 2.13. The van der Waals surface area contributed by atoms with Gasteiger partial charge in [0.1, 0.15) is 12.3 Å². The summed E-state index contributed by atoms with van der Waals surface area (Å²) in [6.45, 7) is 0.261. The predicted octanol–water partition coefficient (Wildman–Crippen LogP) is 1.64. The fraction of sp³-hybridized carbons (Fsp3) is 0.0556. The molecule has 0 saturated heterocycles. The van der Waals surface area contributed by atoms with Crippen molar-refractivity contribution in [2.45, 2.75) is 6.61 Å². The van der Waals surface area contributed by atoms with E-state index in [2.05, 4.69) is 25.8 Å². The summed E-state index contributed by atoms with van der Waals surface area (Å²) in [4.78, 5) is 27.4. The molecule has 0 radical (unpaired) electrons. The molecular formula is C18H14N6O3. The second kappa shape index (κ2) is 7.08. The lowest BCUT2D eigenvalue weighted by atomic mass is 10.2. The van der Waals surface area contributed by atoms with E-state index in [1.807, 2.05) is 30.3 Å². The van der Waals surface area contributed by atoms with Crippen LogP contribution in [0.1, 0.15) is 16.1 Å². The Bertz CT molecular complexity index is 1150. The number of tetrazole rings is 1. The standard InChI is InChI=1S/C18H14N6O3/c25-15-9-14(19-10-16(15)27-11-12-5-2-1-3-6-12)18(26)20-13-7-4-8-24-17(13)21-22-23-24/h1-10H,11H2,(H,19,25)(H,20,26). The van der Waals surface area contributed by atoms with Crippen molar-refractivity contribution in [1.29, 1.82) is 0 Å². The van der Waals surface area contributed by atoms with E-state index < -0.39 is 11.3 Å². The molecule has 0 bridgehead atoms. The van der Waals surface area contributed by atoms with Gasteiger partial charge in [0.2, 0.25) is 11.1 Å². The van der Waals surface area contributed by atoms with Crippen LogP contribution >= 0.6 is 0 Å². The summed E-state index contributed by atoms with van der Waals surface area (Å²) in [7, 11) is 0. The van der Waals surface area contributed by atoms with E-state index in [9.17, 15) is 9.59 Å². The zero-order valence-corrected chi connectivity index (χ0v) is 14.0. The van der Waals surface area contributed by atoms with Crippen LogP contribution in [-0.4, -0.2) is 30.9 Å². The van der Waals surface area contributed by atoms with Crippen LogP contribution < -0.4 is 15.5 Å². The summed E-state index contributed by atoms with van der Waals surface area (Å²) in [5.41, 5.74) is 1.47. The Kier molecular flexibility index (Phi) is 4.32. The average Bonchev–Trinajstić information content (AvgIpc) is 3.17. The Balaban J connectivity index is 1.49. The predicted molar refractivity (Wildman–Crippen MR) is 96.6 cm³/mol. The SMILES string of the molecule is O=C(Nc1cccn2nnnc12)c1cc(=O)c(OCc2ccccc2)c[nH]1. The third kappa shape index (κ3) is 3.52. The van der Waals surface area contributed by atoms with Crippen LogP contribution in [0.3, 0.4) is 0 Å².